The maximum absolute atomic E-state index is 11.4. The highest BCUT2D eigenvalue weighted by atomic mass is 16.2. The number of nitrogens with zero attached hydrogens (tertiary/aromatic N) is 1. The Balaban J connectivity index is 2.14. The van der Waals surface area contributed by atoms with E-state index < -0.39 is 0 Å². The molecule has 1 aliphatic rings. The largest absolute Gasteiger partial charge is 0.349 e. The minimum atomic E-state index is 0.229. The molecule has 1 atom stereocenters. The van der Waals surface area contributed by atoms with Crippen LogP contribution in [-0.2, 0) is 4.79 Å². The smallest absolute Gasteiger partial charge is 0.222 e. The summed E-state index contributed by atoms with van der Waals surface area (Å²) >= 11 is 0. The average Bonchev–Trinajstić information content (AvgIpc) is 2.52. The SMILES string of the molecule is CN(C)C(=O)CCCNC1CCCC1(C)C. The predicted molar refractivity (Wildman–Crippen MR) is 67.4 cm³/mol. The van der Waals surface area contributed by atoms with Gasteiger partial charge in [0.05, 0.1) is 0 Å². The van der Waals surface area contributed by atoms with Crippen molar-refractivity contribution in [3.05, 3.63) is 0 Å². The van der Waals surface area contributed by atoms with E-state index in [1.807, 2.05) is 14.1 Å². The van der Waals surface area contributed by atoms with E-state index in [9.17, 15) is 4.79 Å². The second-order valence-electron chi connectivity index (χ2n) is 5.78. The lowest BCUT2D eigenvalue weighted by molar-refractivity contribution is -0.128. The number of amides is 1. The van der Waals surface area contributed by atoms with E-state index in [0.29, 0.717) is 17.9 Å². The molecule has 1 fully saturated rings. The molecule has 3 heteroatoms. The molecule has 1 amide bonds. The highest BCUT2D eigenvalue weighted by Crippen LogP contribution is 2.36. The van der Waals surface area contributed by atoms with E-state index in [1.54, 1.807) is 4.90 Å². The highest BCUT2D eigenvalue weighted by molar-refractivity contribution is 5.75. The van der Waals surface area contributed by atoms with Gasteiger partial charge in [-0.25, -0.2) is 0 Å². The minimum absolute atomic E-state index is 0.229. The molecule has 94 valence electrons. The maximum Gasteiger partial charge on any atom is 0.222 e. The number of hydrogen-bond acceptors (Lipinski definition) is 2. The van der Waals surface area contributed by atoms with Gasteiger partial charge in [0.15, 0.2) is 0 Å². The lowest BCUT2D eigenvalue weighted by Crippen LogP contribution is -2.38. The van der Waals surface area contributed by atoms with E-state index in [2.05, 4.69) is 19.2 Å². The van der Waals surface area contributed by atoms with Gasteiger partial charge in [-0.2, -0.15) is 0 Å². The lowest BCUT2D eigenvalue weighted by atomic mass is 9.87. The fraction of sp³-hybridized carbons (Fsp3) is 0.923. The minimum Gasteiger partial charge on any atom is -0.349 e. The summed E-state index contributed by atoms with van der Waals surface area (Å²) in [5.74, 6) is 0.229. The molecular formula is C13H26N2O. The summed E-state index contributed by atoms with van der Waals surface area (Å²) in [6, 6.07) is 0.641. The number of hydrogen-bond donors (Lipinski definition) is 1. The third-order valence-electron chi connectivity index (χ3n) is 3.71. The highest BCUT2D eigenvalue weighted by Gasteiger charge is 2.33. The molecule has 1 aliphatic carbocycles. The molecular weight excluding hydrogens is 200 g/mol. The molecule has 0 saturated heterocycles. The van der Waals surface area contributed by atoms with Gasteiger partial charge in [-0.1, -0.05) is 20.3 Å². The summed E-state index contributed by atoms with van der Waals surface area (Å²) in [7, 11) is 3.63. The molecule has 0 bridgehead atoms. The van der Waals surface area contributed by atoms with Gasteiger partial charge in [-0.05, 0) is 31.2 Å². The Labute approximate surface area is 99.6 Å². The predicted octanol–water partition coefficient (Wildman–Crippen LogP) is 2.02. The van der Waals surface area contributed by atoms with Gasteiger partial charge in [-0.3, -0.25) is 4.79 Å². The molecule has 0 spiro atoms. The Bertz CT molecular complexity index is 236. The van der Waals surface area contributed by atoms with Gasteiger partial charge in [-0.15, -0.1) is 0 Å². The number of nitrogens with one attached hydrogen (secondary N) is 1. The van der Waals surface area contributed by atoms with Crippen LogP contribution in [0.3, 0.4) is 0 Å². The Morgan fingerprint density at radius 3 is 2.62 bits per heavy atom. The fourth-order valence-electron chi connectivity index (χ4n) is 2.44. The summed E-state index contributed by atoms with van der Waals surface area (Å²) in [4.78, 5) is 13.0. The molecule has 1 rings (SSSR count). The van der Waals surface area contributed by atoms with Gasteiger partial charge >= 0.3 is 0 Å². The molecule has 0 aromatic carbocycles. The van der Waals surface area contributed by atoms with Crippen LogP contribution < -0.4 is 5.32 Å². The van der Waals surface area contributed by atoms with E-state index in [0.717, 1.165) is 13.0 Å². The van der Waals surface area contributed by atoms with E-state index in [1.165, 1.54) is 19.3 Å². The molecule has 3 nitrogen and oxygen atoms in total. The molecule has 16 heavy (non-hydrogen) atoms. The molecule has 0 aromatic heterocycles. The van der Waals surface area contributed by atoms with Crippen LogP contribution in [0, 0.1) is 5.41 Å². The van der Waals surface area contributed by atoms with Gasteiger partial charge < -0.3 is 10.2 Å². The third-order valence-corrected chi connectivity index (χ3v) is 3.71. The molecule has 1 N–H and O–H groups in total. The summed E-state index contributed by atoms with van der Waals surface area (Å²) < 4.78 is 0. The quantitative estimate of drug-likeness (QED) is 0.727. The van der Waals surface area contributed by atoms with Crippen LogP contribution >= 0.6 is 0 Å². The van der Waals surface area contributed by atoms with Gasteiger partial charge in [0.1, 0.15) is 0 Å². The van der Waals surface area contributed by atoms with Gasteiger partial charge in [0, 0.05) is 26.6 Å². The van der Waals surface area contributed by atoms with Crippen molar-refractivity contribution in [1.82, 2.24) is 10.2 Å². The van der Waals surface area contributed by atoms with Gasteiger partial charge in [0.25, 0.3) is 0 Å². The van der Waals surface area contributed by atoms with Crippen LogP contribution in [0.25, 0.3) is 0 Å². The Morgan fingerprint density at radius 1 is 1.44 bits per heavy atom. The third kappa shape index (κ3) is 3.78. The summed E-state index contributed by atoms with van der Waals surface area (Å²) in [6.07, 6.45) is 5.55. The number of carbonyl (C=O) groups is 1. The van der Waals surface area contributed by atoms with Crippen LogP contribution in [0.1, 0.15) is 46.0 Å². The first-order valence-electron chi connectivity index (χ1n) is 6.37. The van der Waals surface area contributed by atoms with Crippen LogP contribution in [0.4, 0.5) is 0 Å². The Morgan fingerprint density at radius 2 is 2.12 bits per heavy atom. The average molecular weight is 226 g/mol. The van der Waals surface area contributed by atoms with Crippen LogP contribution in [0.15, 0.2) is 0 Å². The van der Waals surface area contributed by atoms with Crippen molar-refractivity contribution in [2.45, 2.75) is 52.0 Å². The maximum atomic E-state index is 11.4. The summed E-state index contributed by atoms with van der Waals surface area (Å²) in [6.45, 7) is 5.64. The molecule has 0 aromatic rings. The van der Waals surface area contributed by atoms with Crippen molar-refractivity contribution < 1.29 is 4.79 Å². The topological polar surface area (TPSA) is 32.3 Å². The first kappa shape index (κ1) is 13.5. The second-order valence-corrected chi connectivity index (χ2v) is 5.78. The monoisotopic (exact) mass is 226 g/mol. The first-order chi connectivity index (χ1) is 7.43. The van der Waals surface area contributed by atoms with E-state index in [4.69, 9.17) is 0 Å². The molecule has 0 radical (unpaired) electrons. The van der Waals surface area contributed by atoms with Crippen molar-refractivity contribution in [2.24, 2.45) is 5.41 Å². The summed E-state index contributed by atoms with van der Waals surface area (Å²) in [5.41, 5.74) is 0.436. The van der Waals surface area contributed by atoms with E-state index >= 15 is 0 Å². The van der Waals surface area contributed by atoms with Crippen molar-refractivity contribution in [1.29, 1.82) is 0 Å². The standard InChI is InChI=1S/C13H26N2O/c1-13(2)9-5-7-11(13)14-10-6-8-12(16)15(3)4/h11,14H,5-10H2,1-4H3. The Hall–Kier alpha value is -0.570. The van der Waals surface area contributed by atoms with Crippen molar-refractivity contribution in [3.8, 4) is 0 Å². The number of rotatable bonds is 5. The second kappa shape index (κ2) is 5.67. The van der Waals surface area contributed by atoms with Crippen LogP contribution in [-0.4, -0.2) is 37.5 Å². The van der Waals surface area contributed by atoms with Crippen molar-refractivity contribution >= 4 is 5.91 Å². The van der Waals surface area contributed by atoms with Crippen LogP contribution in [0.5, 0.6) is 0 Å². The Kier molecular flexibility index (Phi) is 4.78. The molecule has 0 heterocycles. The normalized spacial score (nSPS) is 23.4. The molecule has 1 saturated carbocycles. The molecule has 1 unspecified atom stereocenters. The fourth-order valence-corrected chi connectivity index (χ4v) is 2.44. The zero-order chi connectivity index (χ0) is 12.2. The molecule has 0 aliphatic heterocycles. The zero-order valence-electron chi connectivity index (χ0n) is 11.2. The zero-order valence-corrected chi connectivity index (χ0v) is 11.2. The van der Waals surface area contributed by atoms with Gasteiger partial charge in [0.2, 0.25) is 5.91 Å². The van der Waals surface area contributed by atoms with Crippen LogP contribution in [0.2, 0.25) is 0 Å². The van der Waals surface area contributed by atoms with Crippen molar-refractivity contribution in [3.63, 3.8) is 0 Å². The van der Waals surface area contributed by atoms with Crippen molar-refractivity contribution in [2.75, 3.05) is 20.6 Å². The number of carbonyl (C=O) groups excluding carboxylic acids is 1. The summed E-state index contributed by atoms with van der Waals surface area (Å²) in [5, 5.41) is 3.60. The van der Waals surface area contributed by atoms with E-state index in [-0.39, 0.29) is 5.91 Å². The lowest BCUT2D eigenvalue weighted by Gasteiger charge is -2.28. The first-order valence-corrected chi connectivity index (χ1v) is 6.37.